The highest BCUT2D eigenvalue weighted by Crippen LogP contribution is 2.33. The molecule has 0 atom stereocenters. The van der Waals surface area contributed by atoms with Crippen LogP contribution < -0.4 is 10.6 Å². The Morgan fingerprint density at radius 3 is 2.62 bits per heavy atom. The third kappa shape index (κ3) is 3.61. The Hall–Kier alpha value is -2.32. The highest BCUT2D eigenvalue weighted by atomic mass is 32.1. The molecule has 2 amide bonds. The van der Waals surface area contributed by atoms with Crippen molar-refractivity contribution in [3.8, 4) is 6.07 Å². The first-order valence-electron chi connectivity index (χ1n) is 6.81. The first-order chi connectivity index (χ1) is 10.2. The van der Waals surface area contributed by atoms with Gasteiger partial charge in [0.25, 0.3) is 0 Å². The molecule has 1 heterocycles. The summed E-state index contributed by atoms with van der Waals surface area (Å²) in [5, 5.41) is 15.4. The Morgan fingerprint density at radius 2 is 2.00 bits per heavy atom. The number of rotatable bonds is 4. The minimum atomic E-state index is -0.331. The number of hydrogen-bond acceptors (Lipinski definition) is 3. The van der Waals surface area contributed by atoms with E-state index in [2.05, 4.69) is 23.6 Å². The van der Waals surface area contributed by atoms with Gasteiger partial charge in [-0.1, -0.05) is 31.5 Å². The smallest absolute Gasteiger partial charge is 0.308 e. The van der Waals surface area contributed by atoms with Crippen LogP contribution in [0.25, 0.3) is 0 Å². The largest absolute Gasteiger partial charge is 0.324 e. The summed E-state index contributed by atoms with van der Waals surface area (Å²) in [5.74, 6) is 0. The normalized spacial score (nSPS) is 9.95. The van der Waals surface area contributed by atoms with E-state index in [4.69, 9.17) is 0 Å². The summed E-state index contributed by atoms with van der Waals surface area (Å²) in [6.45, 7) is 4.03. The molecule has 2 N–H and O–H groups in total. The van der Waals surface area contributed by atoms with Crippen LogP contribution in [0.2, 0.25) is 0 Å². The van der Waals surface area contributed by atoms with E-state index in [9.17, 15) is 10.1 Å². The lowest BCUT2D eigenvalue weighted by atomic mass is 10.1. The number of nitriles is 1. The molecule has 4 nitrogen and oxygen atoms in total. The molecule has 0 spiro atoms. The third-order valence-corrected chi connectivity index (χ3v) is 4.36. The minimum Gasteiger partial charge on any atom is -0.308 e. The van der Waals surface area contributed by atoms with Gasteiger partial charge in [0, 0.05) is 10.6 Å². The lowest BCUT2D eigenvalue weighted by molar-refractivity contribution is 0.262. The van der Waals surface area contributed by atoms with Gasteiger partial charge in [0.1, 0.15) is 11.1 Å². The second-order valence-corrected chi connectivity index (χ2v) is 5.77. The fourth-order valence-electron chi connectivity index (χ4n) is 2.04. The summed E-state index contributed by atoms with van der Waals surface area (Å²) < 4.78 is 0. The van der Waals surface area contributed by atoms with E-state index in [0.29, 0.717) is 10.6 Å². The summed E-state index contributed by atoms with van der Waals surface area (Å²) in [4.78, 5) is 13.2. The van der Waals surface area contributed by atoms with Crippen LogP contribution in [0.5, 0.6) is 0 Å². The van der Waals surface area contributed by atoms with Crippen LogP contribution >= 0.6 is 11.3 Å². The molecule has 0 fully saturated rings. The number of thiophene rings is 1. The maximum atomic E-state index is 12.0. The number of carbonyl (C=O) groups is 1. The van der Waals surface area contributed by atoms with E-state index in [1.165, 1.54) is 11.3 Å². The van der Waals surface area contributed by atoms with E-state index >= 15 is 0 Å². The molecule has 0 aliphatic heterocycles. The lowest BCUT2D eigenvalue weighted by Crippen LogP contribution is -2.19. The molecule has 108 valence electrons. The summed E-state index contributed by atoms with van der Waals surface area (Å²) in [6, 6.07) is 11.1. The Kier molecular flexibility index (Phi) is 4.96. The Labute approximate surface area is 128 Å². The van der Waals surface area contributed by atoms with Gasteiger partial charge in [0.15, 0.2) is 0 Å². The van der Waals surface area contributed by atoms with Gasteiger partial charge in [-0.3, -0.25) is 5.32 Å². The molecule has 1 aromatic heterocycles. The van der Waals surface area contributed by atoms with Crippen LogP contribution in [0.1, 0.15) is 29.3 Å². The van der Waals surface area contributed by atoms with E-state index in [-0.39, 0.29) is 6.03 Å². The predicted molar refractivity (Wildman–Crippen MR) is 86.8 cm³/mol. The molecule has 0 saturated carbocycles. The average Bonchev–Trinajstić information content (AvgIpc) is 2.76. The van der Waals surface area contributed by atoms with Crippen molar-refractivity contribution in [3.05, 3.63) is 46.3 Å². The monoisotopic (exact) mass is 299 g/mol. The average molecular weight is 299 g/mol. The second-order valence-electron chi connectivity index (χ2n) is 4.66. The van der Waals surface area contributed by atoms with Crippen molar-refractivity contribution in [2.24, 2.45) is 0 Å². The Balaban J connectivity index is 2.14. The Morgan fingerprint density at radius 1 is 1.29 bits per heavy atom. The van der Waals surface area contributed by atoms with Gasteiger partial charge in [-0.05, 0) is 31.0 Å². The molecule has 5 heteroatoms. The molecule has 1 aromatic carbocycles. The fraction of sp³-hybridized carbons (Fsp3) is 0.250. The number of hydrogen-bond donors (Lipinski definition) is 2. The van der Waals surface area contributed by atoms with Crippen LogP contribution in [-0.4, -0.2) is 6.03 Å². The van der Waals surface area contributed by atoms with Gasteiger partial charge < -0.3 is 5.32 Å². The first-order valence-corrected chi connectivity index (χ1v) is 7.62. The molecule has 0 radical (unpaired) electrons. The van der Waals surface area contributed by atoms with E-state index in [0.717, 1.165) is 29.0 Å². The van der Waals surface area contributed by atoms with E-state index in [1.807, 2.05) is 37.3 Å². The number of anilines is 2. The van der Waals surface area contributed by atoms with Crippen molar-refractivity contribution in [1.29, 1.82) is 5.26 Å². The summed E-state index contributed by atoms with van der Waals surface area (Å²) in [5.41, 5.74) is 2.25. The van der Waals surface area contributed by atoms with Gasteiger partial charge in [0.2, 0.25) is 0 Å². The zero-order valence-electron chi connectivity index (χ0n) is 12.1. The van der Waals surface area contributed by atoms with Gasteiger partial charge in [0.05, 0.1) is 5.56 Å². The quantitative estimate of drug-likeness (QED) is 0.871. The number of aryl methyl sites for hydroxylation is 1. The predicted octanol–water partition coefficient (Wildman–Crippen LogP) is 4.52. The number of urea groups is 1. The molecule has 2 rings (SSSR count). The number of nitrogens with one attached hydrogen (secondary N) is 2. The zero-order chi connectivity index (χ0) is 15.2. The third-order valence-electron chi connectivity index (χ3n) is 3.09. The van der Waals surface area contributed by atoms with Gasteiger partial charge in [-0.2, -0.15) is 5.26 Å². The van der Waals surface area contributed by atoms with Crippen molar-refractivity contribution >= 4 is 28.1 Å². The van der Waals surface area contributed by atoms with Crippen molar-refractivity contribution in [3.63, 3.8) is 0 Å². The van der Waals surface area contributed by atoms with Crippen molar-refractivity contribution in [2.45, 2.75) is 26.7 Å². The number of benzene rings is 1. The van der Waals surface area contributed by atoms with Gasteiger partial charge >= 0.3 is 6.03 Å². The van der Waals surface area contributed by atoms with Crippen molar-refractivity contribution < 1.29 is 4.79 Å². The zero-order valence-corrected chi connectivity index (χ0v) is 12.9. The van der Waals surface area contributed by atoms with Crippen LogP contribution in [0.15, 0.2) is 30.3 Å². The maximum absolute atomic E-state index is 12.0. The molecule has 21 heavy (non-hydrogen) atoms. The van der Waals surface area contributed by atoms with Crippen LogP contribution in [0, 0.1) is 18.3 Å². The molecule has 0 aliphatic carbocycles. The molecule has 0 unspecified atom stereocenters. The lowest BCUT2D eigenvalue weighted by Gasteiger charge is -2.06. The number of amides is 2. The molecular formula is C16H17N3OS. The first kappa shape index (κ1) is 15.1. The molecule has 0 saturated heterocycles. The van der Waals surface area contributed by atoms with Crippen LogP contribution in [0.3, 0.4) is 0 Å². The molecule has 0 aliphatic rings. The highest BCUT2D eigenvalue weighted by molar-refractivity contribution is 7.16. The van der Waals surface area contributed by atoms with Crippen molar-refractivity contribution in [1.82, 2.24) is 0 Å². The van der Waals surface area contributed by atoms with Crippen molar-refractivity contribution in [2.75, 3.05) is 10.6 Å². The number of para-hydroxylation sites is 1. The minimum absolute atomic E-state index is 0.331. The van der Waals surface area contributed by atoms with E-state index in [1.54, 1.807) is 0 Å². The number of carbonyl (C=O) groups excluding carboxylic acids is 1. The standard InChI is InChI=1S/C16H17N3OS/c1-3-7-14-11(2)13(10-17)15(21-14)19-16(20)18-12-8-5-4-6-9-12/h4-6,8-9H,3,7H2,1-2H3,(H2,18,19,20). The maximum Gasteiger partial charge on any atom is 0.324 e. The second kappa shape index (κ2) is 6.91. The fourth-order valence-corrected chi connectivity index (χ4v) is 3.29. The Bertz CT molecular complexity index is 671. The summed E-state index contributed by atoms with van der Waals surface area (Å²) in [7, 11) is 0. The number of nitrogens with zero attached hydrogens (tertiary/aromatic N) is 1. The highest BCUT2D eigenvalue weighted by Gasteiger charge is 2.16. The van der Waals surface area contributed by atoms with Crippen LogP contribution in [0.4, 0.5) is 15.5 Å². The van der Waals surface area contributed by atoms with Crippen LogP contribution in [-0.2, 0) is 6.42 Å². The van der Waals surface area contributed by atoms with E-state index < -0.39 is 0 Å². The van der Waals surface area contributed by atoms with Gasteiger partial charge in [-0.25, -0.2) is 4.79 Å². The van der Waals surface area contributed by atoms with Gasteiger partial charge in [-0.15, -0.1) is 11.3 Å². The SMILES string of the molecule is CCCc1sc(NC(=O)Nc2ccccc2)c(C#N)c1C. The molecular weight excluding hydrogens is 282 g/mol. The summed E-state index contributed by atoms with van der Waals surface area (Å²) >= 11 is 1.48. The summed E-state index contributed by atoms with van der Waals surface area (Å²) in [6.07, 6.45) is 1.94. The topological polar surface area (TPSA) is 64.9 Å². The molecule has 0 bridgehead atoms. The molecule has 2 aromatic rings.